The molecule has 23 heavy (non-hydrogen) atoms. The maximum absolute atomic E-state index is 12.2. The lowest BCUT2D eigenvalue weighted by Crippen LogP contribution is -2.26. The normalized spacial score (nSPS) is 10.9. The molecule has 0 bridgehead atoms. The third-order valence-electron chi connectivity index (χ3n) is 3.58. The number of carbonyl (C=O) groups excluding carboxylic acids is 1. The van der Waals surface area contributed by atoms with Crippen LogP contribution in [-0.2, 0) is 6.42 Å². The molecule has 0 atom stereocenters. The van der Waals surface area contributed by atoms with E-state index in [0.29, 0.717) is 34.2 Å². The number of aromatic nitrogens is 2. The standard InChI is InChI=1S/C17H15Cl2N3O/c1-11-4-2-3-5-14(11)17(23)20-7-6-13-10-22-9-12(18)8-15(19)16(22)21-13/h2-5,8-10H,6-7H2,1H3,(H,20,23). The number of rotatable bonds is 4. The van der Waals surface area contributed by atoms with Crippen LogP contribution in [0, 0.1) is 6.92 Å². The van der Waals surface area contributed by atoms with E-state index in [0.717, 1.165) is 11.3 Å². The first-order valence-electron chi connectivity index (χ1n) is 7.21. The molecule has 2 heterocycles. The summed E-state index contributed by atoms with van der Waals surface area (Å²) < 4.78 is 1.79. The fourth-order valence-corrected chi connectivity index (χ4v) is 2.95. The summed E-state index contributed by atoms with van der Waals surface area (Å²) in [5.74, 6) is -0.0760. The van der Waals surface area contributed by atoms with E-state index in [1.807, 2.05) is 37.4 Å². The molecule has 118 valence electrons. The number of carbonyl (C=O) groups is 1. The maximum atomic E-state index is 12.2. The lowest BCUT2D eigenvalue weighted by atomic mass is 10.1. The molecule has 1 N–H and O–H groups in total. The van der Waals surface area contributed by atoms with Crippen molar-refractivity contribution in [3.8, 4) is 0 Å². The summed E-state index contributed by atoms with van der Waals surface area (Å²) in [4.78, 5) is 16.6. The molecular weight excluding hydrogens is 333 g/mol. The van der Waals surface area contributed by atoms with Crippen molar-refractivity contribution < 1.29 is 4.79 Å². The smallest absolute Gasteiger partial charge is 0.251 e. The van der Waals surface area contributed by atoms with Gasteiger partial charge in [-0.15, -0.1) is 0 Å². The number of halogens is 2. The maximum Gasteiger partial charge on any atom is 0.251 e. The fourth-order valence-electron chi connectivity index (χ4n) is 2.42. The van der Waals surface area contributed by atoms with E-state index >= 15 is 0 Å². The average Bonchev–Trinajstić information content (AvgIpc) is 2.90. The predicted molar refractivity (Wildman–Crippen MR) is 92.4 cm³/mol. The molecule has 0 radical (unpaired) electrons. The minimum atomic E-state index is -0.0760. The first-order valence-corrected chi connectivity index (χ1v) is 7.96. The van der Waals surface area contributed by atoms with Gasteiger partial charge in [0, 0.05) is 30.9 Å². The Bertz CT molecular complexity index is 873. The molecule has 3 aromatic rings. The van der Waals surface area contributed by atoms with Gasteiger partial charge >= 0.3 is 0 Å². The van der Waals surface area contributed by atoms with E-state index in [1.54, 1.807) is 16.7 Å². The lowest BCUT2D eigenvalue weighted by Gasteiger charge is -2.06. The quantitative estimate of drug-likeness (QED) is 0.777. The molecule has 0 spiro atoms. The van der Waals surface area contributed by atoms with Crippen molar-refractivity contribution in [1.29, 1.82) is 0 Å². The second-order valence-corrected chi connectivity index (χ2v) is 6.13. The zero-order valence-electron chi connectivity index (χ0n) is 12.5. The first kappa shape index (κ1) is 15.8. The summed E-state index contributed by atoms with van der Waals surface area (Å²) in [6.07, 6.45) is 4.24. The zero-order chi connectivity index (χ0) is 16.4. The summed E-state index contributed by atoms with van der Waals surface area (Å²) in [6, 6.07) is 9.17. The first-order chi connectivity index (χ1) is 11.0. The molecule has 1 aromatic carbocycles. The number of imidazole rings is 1. The summed E-state index contributed by atoms with van der Waals surface area (Å²) in [5.41, 5.74) is 3.16. The Labute approximate surface area is 144 Å². The molecular formula is C17H15Cl2N3O. The molecule has 4 nitrogen and oxygen atoms in total. The van der Waals surface area contributed by atoms with Gasteiger partial charge in [0.1, 0.15) is 0 Å². The van der Waals surface area contributed by atoms with Crippen LogP contribution in [0.4, 0.5) is 0 Å². The van der Waals surface area contributed by atoms with E-state index in [2.05, 4.69) is 10.3 Å². The Morgan fingerprint density at radius 1 is 1.26 bits per heavy atom. The largest absolute Gasteiger partial charge is 0.352 e. The van der Waals surface area contributed by atoms with Crippen molar-refractivity contribution in [3.63, 3.8) is 0 Å². The monoisotopic (exact) mass is 347 g/mol. The Kier molecular flexibility index (Phi) is 4.55. The van der Waals surface area contributed by atoms with Crippen molar-refractivity contribution in [2.45, 2.75) is 13.3 Å². The molecule has 6 heteroatoms. The highest BCUT2D eigenvalue weighted by molar-refractivity contribution is 6.36. The zero-order valence-corrected chi connectivity index (χ0v) is 14.0. The van der Waals surface area contributed by atoms with Gasteiger partial charge in [0.25, 0.3) is 5.91 Å². The molecule has 0 aliphatic heterocycles. The molecule has 0 aliphatic carbocycles. The number of amides is 1. The van der Waals surface area contributed by atoms with Crippen LogP contribution >= 0.6 is 23.2 Å². The van der Waals surface area contributed by atoms with Crippen LogP contribution in [-0.4, -0.2) is 21.8 Å². The molecule has 0 saturated carbocycles. The van der Waals surface area contributed by atoms with Gasteiger partial charge in [-0.1, -0.05) is 41.4 Å². The van der Waals surface area contributed by atoms with Crippen molar-refractivity contribution >= 4 is 34.8 Å². The van der Waals surface area contributed by atoms with Crippen LogP contribution in [0.5, 0.6) is 0 Å². The van der Waals surface area contributed by atoms with Crippen LogP contribution < -0.4 is 5.32 Å². The van der Waals surface area contributed by atoms with E-state index in [4.69, 9.17) is 23.2 Å². The number of hydrogen-bond acceptors (Lipinski definition) is 2. The number of nitrogens with one attached hydrogen (secondary N) is 1. The molecule has 0 saturated heterocycles. The van der Waals surface area contributed by atoms with Crippen LogP contribution in [0.3, 0.4) is 0 Å². The lowest BCUT2D eigenvalue weighted by molar-refractivity contribution is 0.0953. The third-order valence-corrected chi connectivity index (χ3v) is 4.06. The molecule has 0 fully saturated rings. The summed E-state index contributed by atoms with van der Waals surface area (Å²) in [5, 5.41) is 3.97. The van der Waals surface area contributed by atoms with E-state index in [1.165, 1.54) is 0 Å². The van der Waals surface area contributed by atoms with Crippen molar-refractivity contribution in [3.05, 3.63) is 69.6 Å². The Morgan fingerprint density at radius 3 is 2.83 bits per heavy atom. The van der Waals surface area contributed by atoms with Gasteiger partial charge in [0.05, 0.1) is 15.7 Å². The minimum absolute atomic E-state index is 0.0760. The van der Waals surface area contributed by atoms with Gasteiger partial charge in [-0.25, -0.2) is 4.98 Å². The van der Waals surface area contributed by atoms with Crippen LogP contribution in [0.25, 0.3) is 5.65 Å². The van der Waals surface area contributed by atoms with Crippen molar-refractivity contribution in [2.75, 3.05) is 6.54 Å². The molecule has 3 rings (SSSR count). The van der Waals surface area contributed by atoms with Crippen molar-refractivity contribution in [1.82, 2.24) is 14.7 Å². The molecule has 2 aromatic heterocycles. The van der Waals surface area contributed by atoms with E-state index in [-0.39, 0.29) is 5.91 Å². The Balaban J connectivity index is 1.66. The van der Waals surface area contributed by atoms with Gasteiger partial charge < -0.3 is 9.72 Å². The molecule has 1 amide bonds. The Hall–Kier alpha value is -2.04. The SMILES string of the molecule is Cc1ccccc1C(=O)NCCc1cn2cc(Cl)cc(Cl)c2n1. The van der Waals surface area contributed by atoms with Gasteiger partial charge in [0.2, 0.25) is 0 Å². The number of pyridine rings is 1. The summed E-state index contributed by atoms with van der Waals surface area (Å²) >= 11 is 12.1. The average molecular weight is 348 g/mol. The third kappa shape index (κ3) is 3.49. The number of fused-ring (bicyclic) bond motifs is 1. The topological polar surface area (TPSA) is 46.4 Å². The van der Waals surface area contributed by atoms with Gasteiger partial charge in [-0.05, 0) is 24.6 Å². The minimum Gasteiger partial charge on any atom is -0.352 e. The number of benzene rings is 1. The number of aryl methyl sites for hydroxylation is 1. The highest BCUT2D eigenvalue weighted by Gasteiger charge is 2.09. The van der Waals surface area contributed by atoms with Crippen molar-refractivity contribution in [2.24, 2.45) is 0 Å². The molecule has 0 aliphatic rings. The van der Waals surface area contributed by atoms with Gasteiger partial charge in [-0.3, -0.25) is 4.79 Å². The van der Waals surface area contributed by atoms with Crippen LogP contribution in [0.2, 0.25) is 10.0 Å². The summed E-state index contributed by atoms with van der Waals surface area (Å²) in [7, 11) is 0. The number of nitrogens with zero attached hydrogens (tertiary/aromatic N) is 2. The predicted octanol–water partition coefficient (Wildman–Crippen LogP) is 3.92. The van der Waals surface area contributed by atoms with Gasteiger partial charge in [-0.2, -0.15) is 0 Å². The number of hydrogen-bond donors (Lipinski definition) is 1. The summed E-state index contributed by atoms with van der Waals surface area (Å²) in [6.45, 7) is 2.42. The second-order valence-electron chi connectivity index (χ2n) is 5.29. The van der Waals surface area contributed by atoms with Gasteiger partial charge in [0.15, 0.2) is 5.65 Å². The highest BCUT2D eigenvalue weighted by Crippen LogP contribution is 2.21. The fraction of sp³-hybridized carbons (Fsp3) is 0.176. The van der Waals surface area contributed by atoms with E-state index in [9.17, 15) is 4.79 Å². The van der Waals surface area contributed by atoms with Crippen LogP contribution in [0.15, 0.2) is 42.7 Å². The second kappa shape index (κ2) is 6.60. The Morgan fingerprint density at radius 2 is 2.04 bits per heavy atom. The highest BCUT2D eigenvalue weighted by atomic mass is 35.5. The van der Waals surface area contributed by atoms with E-state index < -0.39 is 0 Å². The molecule has 0 unspecified atom stereocenters. The van der Waals surface area contributed by atoms with Crippen LogP contribution in [0.1, 0.15) is 21.6 Å².